The molecule has 0 spiro atoms. The number of pyridine rings is 1. The molecule has 0 aliphatic rings. The van der Waals surface area contributed by atoms with E-state index >= 15 is 0 Å². The first kappa shape index (κ1) is 6.09. The molecule has 2 rings (SSSR count). The Labute approximate surface area is 63.7 Å². The zero-order valence-electron chi connectivity index (χ0n) is 5.69. The largest absolute Gasteiger partial charge is 0.443 e. The third-order valence-corrected chi connectivity index (χ3v) is 1.32. The molecule has 0 fully saturated rings. The van der Waals surface area contributed by atoms with Crippen molar-refractivity contribution >= 4 is 0 Å². The maximum atomic E-state index is 5.05. The van der Waals surface area contributed by atoms with Gasteiger partial charge in [0.2, 0.25) is 0 Å². The number of rotatable bonds is 1. The fraction of sp³-hybridized carbons (Fsp3) is 0. The van der Waals surface area contributed by atoms with Gasteiger partial charge >= 0.3 is 0 Å². The standard InChI is InChI=1S/C8H5N2O/c1-2-7(4-9-3-1)8-5-10-6-11-8/h2-6H. The summed E-state index contributed by atoms with van der Waals surface area (Å²) >= 11 is 0. The minimum Gasteiger partial charge on any atom is -0.443 e. The Morgan fingerprint density at radius 1 is 1.27 bits per heavy atom. The van der Waals surface area contributed by atoms with Crippen LogP contribution < -0.4 is 0 Å². The third-order valence-electron chi connectivity index (χ3n) is 1.32. The number of hydrogen-bond acceptors (Lipinski definition) is 3. The SMILES string of the molecule is [c]1cncc(-c2cnco2)c1. The monoisotopic (exact) mass is 145 g/mol. The first-order valence-electron chi connectivity index (χ1n) is 3.17. The van der Waals surface area contributed by atoms with Crippen LogP contribution >= 0.6 is 0 Å². The van der Waals surface area contributed by atoms with Crippen molar-refractivity contribution < 1.29 is 4.42 Å². The Morgan fingerprint density at radius 3 is 2.91 bits per heavy atom. The van der Waals surface area contributed by atoms with Crippen LogP contribution in [0.3, 0.4) is 0 Å². The molecule has 0 aliphatic carbocycles. The van der Waals surface area contributed by atoms with Gasteiger partial charge in [-0.05, 0) is 6.07 Å². The highest BCUT2D eigenvalue weighted by Crippen LogP contribution is 2.15. The second-order valence-corrected chi connectivity index (χ2v) is 2.04. The first-order valence-corrected chi connectivity index (χ1v) is 3.17. The van der Waals surface area contributed by atoms with Crippen LogP contribution in [0.5, 0.6) is 0 Å². The molecule has 0 saturated heterocycles. The van der Waals surface area contributed by atoms with Crippen molar-refractivity contribution in [3.05, 3.63) is 37.1 Å². The van der Waals surface area contributed by atoms with Gasteiger partial charge in [0.25, 0.3) is 0 Å². The molecule has 0 amide bonds. The summed E-state index contributed by atoms with van der Waals surface area (Å²) in [7, 11) is 0. The lowest BCUT2D eigenvalue weighted by molar-refractivity contribution is 0.571. The molecule has 0 unspecified atom stereocenters. The molecule has 2 aromatic heterocycles. The molecular weight excluding hydrogens is 140 g/mol. The molecule has 3 nitrogen and oxygen atoms in total. The highest BCUT2D eigenvalue weighted by atomic mass is 16.3. The van der Waals surface area contributed by atoms with Crippen LogP contribution in [0.15, 0.2) is 35.5 Å². The molecule has 0 saturated carbocycles. The predicted octanol–water partition coefficient (Wildman–Crippen LogP) is 1.54. The van der Waals surface area contributed by atoms with Gasteiger partial charge in [0, 0.05) is 24.0 Å². The van der Waals surface area contributed by atoms with Gasteiger partial charge in [0.1, 0.15) is 0 Å². The molecule has 0 atom stereocenters. The summed E-state index contributed by atoms with van der Waals surface area (Å²) < 4.78 is 5.05. The van der Waals surface area contributed by atoms with Crippen molar-refractivity contribution in [2.24, 2.45) is 0 Å². The second kappa shape index (κ2) is 2.54. The van der Waals surface area contributed by atoms with E-state index in [1.54, 1.807) is 24.7 Å². The van der Waals surface area contributed by atoms with Gasteiger partial charge in [-0.1, -0.05) is 0 Å². The van der Waals surface area contributed by atoms with E-state index < -0.39 is 0 Å². The van der Waals surface area contributed by atoms with E-state index in [4.69, 9.17) is 4.42 Å². The number of aromatic nitrogens is 2. The van der Waals surface area contributed by atoms with Crippen LogP contribution in [0.1, 0.15) is 0 Å². The van der Waals surface area contributed by atoms with Crippen molar-refractivity contribution in [3.8, 4) is 11.3 Å². The summed E-state index contributed by atoms with van der Waals surface area (Å²) in [6.07, 6.45) is 6.34. The van der Waals surface area contributed by atoms with Crippen LogP contribution in [0, 0.1) is 6.07 Å². The Morgan fingerprint density at radius 2 is 2.27 bits per heavy atom. The van der Waals surface area contributed by atoms with Gasteiger partial charge in [-0.2, -0.15) is 0 Å². The Bertz CT molecular complexity index is 315. The van der Waals surface area contributed by atoms with Gasteiger partial charge in [0.15, 0.2) is 12.2 Å². The third kappa shape index (κ3) is 1.12. The van der Waals surface area contributed by atoms with Crippen LogP contribution in [0.2, 0.25) is 0 Å². The van der Waals surface area contributed by atoms with Crippen molar-refractivity contribution in [1.82, 2.24) is 9.97 Å². The molecule has 1 radical (unpaired) electrons. The molecule has 3 heteroatoms. The molecule has 2 heterocycles. The summed E-state index contributed by atoms with van der Waals surface area (Å²) in [5.74, 6) is 0.717. The minimum atomic E-state index is 0.717. The van der Waals surface area contributed by atoms with Crippen LogP contribution in [0.25, 0.3) is 11.3 Å². The van der Waals surface area contributed by atoms with Gasteiger partial charge < -0.3 is 4.42 Å². The summed E-state index contributed by atoms with van der Waals surface area (Å²) in [5, 5.41) is 0. The van der Waals surface area contributed by atoms with Crippen LogP contribution in [-0.4, -0.2) is 9.97 Å². The van der Waals surface area contributed by atoms with Gasteiger partial charge in [-0.3, -0.25) is 4.98 Å². The second-order valence-electron chi connectivity index (χ2n) is 2.04. The van der Waals surface area contributed by atoms with Crippen molar-refractivity contribution in [1.29, 1.82) is 0 Å². The average molecular weight is 145 g/mol. The number of hydrogen-bond donors (Lipinski definition) is 0. The quantitative estimate of drug-likeness (QED) is 0.610. The Kier molecular flexibility index (Phi) is 1.41. The Hall–Kier alpha value is -1.64. The zero-order chi connectivity index (χ0) is 7.52. The topological polar surface area (TPSA) is 38.9 Å². The van der Waals surface area contributed by atoms with Gasteiger partial charge in [-0.15, -0.1) is 0 Å². The van der Waals surface area contributed by atoms with E-state index in [1.165, 1.54) is 6.39 Å². The fourth-order valence-electron chi connectivity index (χ4n) is 0.818. The molecule has 0 bridgehead atoms. The number of oxazole rings is 1. The van der Waals surface area contributed by atoms with E-state index in [0.717, 1.165) is 5.56 Å². The van der Waals surface area contributed by atoms with E-state index in [9.17, 15) is 0 Å². The van der Waals surface area contributed by atoms with Crippen molar-refractivity contribution in [2.45, 2.75) is 0 Å². The Balaban J connectivity index is 2.46. The van der Waals surface area contributed by atoms with Gasteiger partial charge in [-0.25, -0.2) is 4.98 Å². The maximum absolute atomic E-state index is 5.05. The lowest BCUT2D eigenvalue weighted by Gasteiger charge is -1.90. The van der Waals surface area contributed by atoms with E-state index in [1.807, 2.05) is 0 Å². The van der Waals surface area contributed by atoms with Gasteiger partial charge in [0.05, 0.1) is 6.20 Å². The number of nitrogens with zero attached hydrogens (tertiary/aromatic N) is 2. The fourth-order valence-corrected chi connectivity index (χ4v) is 0.818. The summed E-state index contributed by atoms with van der Waals surface area (Å²) in [6, 6.07) is 4.65. The molecule has 2 aromatic rings. The van der Waals surface area contributed by atoms with E-state index in [-0.39, 0.29) is 0 Å². The smallest absolute Gasteiger partial charge is 0.181 e. The molecule has 0 N–H and O–H groups in total. The summed E-state index contributed by atoms with van der Waals surface area (Å²) in [6.45, 7) is 0. The summed E-state index contributed by atoms with van der Waals surface area (Å²) in [5.41, 5.74) is 0.894. The average Bonchev–Trinajstić information content (AvgIpc) is 2.58. The predicted molar refractivity (Wildman–Crippen MR) is 38.6 cm³/mol. The highest BCUT2D eigenvalue weighted by Gasteiger charge is 1.98. The van der Waals surface area contributed by atoms with E-state index in [2.05, 4.69) is 16.0 Å². The molecule has 11 heavy (non-hydrogen) atoms. The van der Waals surface area contributed by atoms with E-state index in [0.29, 0.717) is 5.76 Å². The van der Waals surface area contributed by atoms with Crippen LogP contribution in [-0.2, 0) is 0 Å². The zero-order valence-corrected chi connectivity index (χ0v) is 5.69. The van der Waals surface area contributed by atoms with Crippen molar-refractivity contribution in [2.75, 3.05) is 0 Å². The lowest BCUT2D eigenvalue weighted by Crippen LogP contribution is -1.74. The maximum Gasteiger partial charge on any atom is 0.181 e. The highest BCUT2D eigenvalue weighted by molar-refractivity contribution is 5.53. The van der Waals surface area contributed by atoms with Crippen LogP contribution in [0.4, 0.5) is 0 Å². The van der Waals surface area contributed by atoms with Crippen molar-refractivity contribution in [3.63, 3.8) is 0 Å². The first-order chi connectivity index (χ1) is 5.47. The minimum absolute atomic E-state index is 0.717. The lowest BCUT2D eigenvalue weighted by atomic mass is 10.2. The molecule has 0 aliphatic heterocycles. The normalized spacial score (nSPS) is 9.82. The molecule has 0 aromatic carbocycles. The summed E-state index contributed by atoms with van der Waals surface area (Å²) in [4.78, 5) is 7.69. The molecule has 53 valence electrons. The molecular formula is C8H5N2O.